The van der Waals surface area contributed by atoms with Crippen molar-refractivity contribution in [2.24, 2.45) is 0 Å². The molecule has 0 aliphatic carbocycles. The van der Waals surface area contributed by atoms with Crippen LogP contribution in [0.25, 0.3) is 0 Å². The molecule has 0 aromatic carbocycles. The van der Waals surface area contributed by atoms with Crippen molar-refractivity contribution in [3.63, 3.8) is 0 Å². The number of halogens is 3. The lowest BCUT2D eigenvalue weighted by Crippen LogP contribution is -2.17. The average molecular weight is 252 g/mol. The second-order valence-electron chi connectivity index (χ2n) is 3.43. The minimum atomic E-state index is -4.14. The topological polar surface area (TPSA) is 17.0 Å². The third-order valence-electron chi connectivity index (χ3n) is 2.34. The summed E-state index contributed by atoms with van der Waals surface area (Å²) in [5.74, 6) is 0.0433. The molecule has 1 atom stereocenters. The molecular weight excluding hydrogens is 237 g/mol. The third-order valence-corrected chi connectivity index (χ3v) is 3.05. The van der Waals surface area contributed by atoms with E-state index in [-0.39, 0.29) is 23.6 Å². The van der Waals surface area contributed by atoms with Crippen LogP contribution < -0.4 is 5.32 Å². The Morgan fingerprint density at radius 2 is 2.19 bits per heavy atom. The van der Waals surface area contributed by atoms with Gasteiger partial charge in [0.2, 0.25) is 0 Å². The Balaban J connectivity index is 2.51. The van der Waals surface area contributed by atoms with Gasteiger partial charge in [-0.1, -0.05) is 0 Å². The predicted octanol–water partition coefficient (Wildman–Crippen LogP) is 3.02. The van der Waals surface area contributed by atoms with Crippen molar-refractivity contribution >= 4 is 11.8 Å². The maximum atomic E-state index is 12.0. The summed E-state index contributed by atoms with van der Waals surface area (Å²) < 4.78 is 37.7. The van der Waals surface area contributed by atoms with Gasteiger partial charge in [0.05, 0.1) is 0 Å². The average Bonchev–Trinajstić information content (AvgIpc) is 2.63. The molecule has 0 aliphatic heterocycles. The predicted molar refractivity (Wildman–Crippen MR) is 60.4 cm³/mol. The highest BCUT2D eigenvalue weighted by Crippen LogP contribution is 2.30. The quantitative estimate of drug-likeness (QED) is 0.867. The van der Waals surface area contributed by atoms with Crippen molar-refractivity contribution in [1.82, 2.24) is 9.88 Å². The van der Waals surface area contributed by atoms with Crippen molar-refractivity contribution in [2.45, 2.75) is 25.0 Å². The second kappa shape index (κ2) is 5.63. The SMILES string of the molecule is CNC(C)c1cccn1CCSC(F)(F)F. The van der Waals surface area contributed by atoms with E-state index in [0.29, 0.717) is 6.54 Å². The second-order valence-corrected chi connectivity index (χ2v) is 4.59. The van der Waals surface area contributed by atoms with Gasteiger partial charge >= 0.3 is 5.51 Å². The van der Waals surface area contributed by atoms with Gasteiger partial charge in [-0.05, 0) is 37.9 Å². The zero-order valence-corrected chi connectivity index (χ0v) is 10.0. The molecule has 0 aliphatic rings. The highest BCUT2D eigenvalue weighted by molar-refractivity contribution is 8.00. The Morgan fingerprint density at radius 1 is 1.50 bits per heavy atom. The van der Waals surface area contributed by atoms with E-state index in [4.69, 9.17) is 0 Å². The van der Waals surface area contributed by atoms with Gasteiger partial charge in [0.15, 0.2) is 0 Å². The molecule has 1 aromatic rings. The highest BCUT2D eigenvalue weighted by atomic mass is 32.2. The standard InChI is InChI=1S/C10H15F3N2S/c1-8(14-2)9-4-3-5-15(9)6-7-16-10(11,12)13/h3-5,8,14H,6-7H2,1-2H3. The van der Waals surface area contributed by atoms with Gasteiger partial charge in [0, 0.05) is 30.2 Å². The Hall–Kier alpha value is -0.620. The molecule has 1 N–H and O–H groups in total. The first-order valence-electron chi connectivity index (χ1n) is 4.97. The molecule has 1 aromatic heterocycles. The first kappa shape index (κ1) is 13.4. The molecule has 0 fully saturated rings. The van der Waals surface area contributed by atoms with Gasteiger partial charge in [-0.2, -0.15) is 13.2 Å². The van der Waals surface area contributed by atoms with Crippen LogP contribution in [0.1, 0.15) is 18.7 Å². The van der Waals surface area contributed by atoms with Crippen LogP contribution in [-0.4, -0.2) is 22.9 Å². The van der Waals surface area contributed by atoms with E-state index < -0.39 is 5.51 Å². The molecule has 1 heterocycles. The third kappa shape index (κ3) is 4.09. The fourth-order valence-corrected chi connectivity index (χ4v) is 1.95. The molecule has 1 unspecified atom stereocenters. The highest BCUT2D eigenvalue weighted by Gasteiger charge is 2.27. The van der Waals surface area contributed by atoms with Crippen LogP contribution in [0.2, 0.25) is 0 Å². The van der Waals surface area contributed by atoms with Crippen molar-refractivity contribution in [2.75, 3.05) is 12.8 Å². The number of hydrogen-bond donors (Lipinski definition) is 1. The summed E-state index contributed by atoms with van der Waals surface area (Å²) >= 11 is 0.0186. The van der Waals surface area contributed by atoms with Gasteiger partial charge in [-0.3, -0.25) is 0 Å². The molecule has 0 saturated heterocycles. The van der Waals surface area contributed by atoms with Crippen molar-refractivity contribution < 1.29 is 13.2 Å². The van der Waals surface area contributed by atoms with E-state index >= 15 is 0 Å². The molecule has 0 bridgehead atoms. The van der Waals surface area contributed by atoms with E-state index in [9.17, 15) is 13.2 Å². The maximum Gasteiger partial charge on any atom is 0.441 e. The van der Waals surface area contributed by atoms with Crippen LogP contribution in [-0.2, 0) is 6.54 Å². The van der Waals surface area contributed by atoms with Crippen molar-refractivity contribution in [3.8, 4) is 0 Å². The number of aromatic nitrogens is 1. The summed E-state index contributed by atoms with van der Waals surface area (Å²) in [6.45, 7) is 2.35. The molecule has 16 heavy (non-hydrogen) atoms. The summed E-state index contributed by atoms with van der Waals surface area (Å²) in [5, 5.41) is 3.06. The number of alkyl halides is 3. The number of rotatable bonds is 5. The zero-order chi connectivity index (χ0) is 12.2. The van der Waals surface area contributed by atoms with Crippen LogP contribution in [0.15, 0.2) is 18.3 Å². The first-order valence-corrected chi connectivity index (χ1v) is 5.95. The maximum absolute atomic E-state index is 12.0. The Bertz CT molecular complexity index is 322. The summed E-state index contributed by atoms with van der Waals surface area (Å²) in [6.07, 6.45) is 1.81. The largest absolute Gasteiger partial charge is 0.441 e. The molecule has 0 radical (unpaired) electrons. The number of nitrogens with one attached hydrogen (secondary N) is 1. The van der Waals surface area contributed by atoms with Gasteiger partial charge in [-0.25, -0.2) is 0 Å². The summed E-state index contributed by atoms with van der Waals surface area (Å²) in [4.78, 5) is 0. The number of thioether (sulfide) groups is 1. The lowest BCUT2D eigenvalue weighted by Gasteiger charge is -2.15. The number of aryl methyl sites for hydroxylation is 1. The molecule has 92 valence electrons. The Kier molecular flexibility index (Phi) is 4.73. The van der Waals surface area contributed by atoms with Gasteiger partial charge in [-0.15, -0.1) is 0 Å². The molecule has 0 amide bonds. The van der Waals surface area contributed by atoms with E-state index in [1.165, 1.54) is 0 Å². The monoisotopic (exact) mass is 252 g/mol. The summed E-state index contributed by atoms with van der Waals surface area (Å²) in [6, 6.07) is 3.91. The first-order chi connectivity index (χ1) is 7.44. The van der Waals surface area contributed by atoms with Crippen LogP contribution in [0.3, 0.4) is 0 Å². The zero-order valence-electron chi connectivity index (χ0n) is 9.21. The number of hydrogen-bond acceptors (Lipinski definition) is 2. The Labute approximate surface area is 97.2 Å². The minimum Gasteiger partial charge on any atom is -0.349 e. The van der Waals surface area contributed by atoms with Gasteiger partial charge in [0.1, 0.15) is 0 Å². The molecule has 2 nitrogen and oxygen atoms in total. The van der Waals surface area contributed by atoms with E-state index in [1.54, 1.807) is 6.20 Å². The van der Waals surface area contributed by atoms with Crippen LogP contribution in [0.4, 0.5) is 13.2 Å². The lowest BCUT2D eigenvalue weighted by atomic mass is 10.2. The minimum absolute atomic E-state index is 0.0186. The fourth-order valence-electron chi connectivity index (χ4n) is 1.43. The van der Waals surface area contributed by atoms with Crippen molar-refractivity contribution in [3.05, 3.63) is 24.0 Å². The molecule has 1 rings (SSSR count). The normalized spacial score (nSPS) is 14.1. The molecule has 0 spiro atoms. The molecule has 6 heteroatoms. The van der Waals surface area contributed by atoms with Gasteiger partial charge < -0.3 is 9.88 Å². The Morgan fingerprint density at radius 3 is 2.75 bits per heavy atom. The van der Waals surface area contributed by atoms with Crippen LogP contribution in [0.5, 0.6) is 0 Å². The number of nitrogens with zero attached hydrogens (tertiary/aromatic N) is 1. The lowest BCUT2D eigenvalue weighted by molar-refractivity contribution is -0.0328. The van der Waals surface area contributed by atoms with Crippen LogP contribution >= 0.6 is 11.8 Å². The van der Waals surface area contributed by atoms with E-state index in [0.717, 1.165) is 5.69 Å². The molecular formula is C10H15F3N2S. The van der Waals surface area contributed by atoms with Crippen LogP contribution in [0, 0.1) is 0 Å². The fraction of sp³-hybridized carbons (Fsp3) is 0.600. The molecule has 0 saturated carbocycles. The van der Waals surface area contributed by atoms with Gasteiger partial charge in [0.25, 0.3) is 0 Å². The summed E-state index contributed by atoms with van der Waals surface area (Å²) in [5.41, 5.74) is -3.13. The summed E-state index contributed by atoms with van der Waals surface area (Å²) in [7, 11) is 1.83. The van der Waals surface area contributed by atoms with E-state index in [2.05, 4.69) is 5.32 Å². The van der Waals surface area contributed by atoms with Crippen molar-refractivity contribution in [1.29, 1.82) is 0 Å². The smallest absolute Gasteiger partial charge is 0.349 e. The van der Waals surface area contributed by atoms with E-state index in [1.807, 2.05) is 30.7 Å².